The molecule has 0 radical (unpaired) electrons. The van der Waals surface area contributed by atoms with Crippen LogP contribution >= 0.6 is 0 Å². The van der Waals surface area contributed by atoms with Gasteiger partial charge >= 0.3 is 6.01 Å². The average Bonchev–Trinajstić information content (AvgIpc) is 3.01. The van der Waals surface area contributed by atoms with Crippen LogP contribution in [0.2, 0.25) is 0 Å². The van der Waals surface area contributed by atoms with Crippen LogP contribution in [0.1, 0.15) is 25.5 Å². The highest BCUT2D eigenvalue weighted by Gasteiger charge is 2.28. The first-order valence-electron chi connectivity index (χ1n) is 8.29. The van der Waals surface area contributed by atoms with E-state index >= 15 is 0 Å². The third-order valence-electron chi connectivity index (χ3n) is 4.66. The number of nitriles is 1. The largest absolute Gasteiger partial charge is 0.459 e. The first-order chi connectivity index (χ1) is 11.2. The molecule has 0 bridgehead atoms. The standard InChI is InChI=1S/C16H24N6O/c1-12(14-4-3-7-21(14)2)23-16-19-13(11-17)10-15(20-16)22-8-5-18-6-9-22/h10,12,14,18H,3-9H2,1-2H3/t12-,14-/m0/s1. The molecule has 7 nitrogen and oxygen atoms in total. The van der Waals surface area contributed by atoms with E-state index < -0.39 is 0 Å². The van der Waals surface area contributed by atoms with Crippen LogP contribution in [-0.4, -0.2) is 66.8 Å². The van der Waals surface area contributed by atoms with Gasteiger partial charge in [0.25, 0.3) is 0 Å². The normalized spacial score (nSPS) is 23.5. The number of rotatable bonds is 4. The molecular weight excluding hydrogens is 292 g/mol. The lowest BCUT2D eigenvalue weighted by atomic mass is 10.1. The van der Waals surface area contributed by atoms with Crippen LogP contribution < -0.4 is 15.0 Å². The zero-order valence-corrected chi connectivity index (χ0v) is 13.8. The Bertz CT molecular complexity index is 580. The number of anilines is 1. The number of aromatic nitrogens is 2. The minimum absolute atomic E-state index is 0.00677. The van der Waals surface area contributed by atoms with Crippen molar-refractivity contribution in [1.29, 1.82) is 5.26 Å². The monoisotopic (exact) mass is 316 g/mol. The van der Waals surface area contributed by atoms with E-state index in [-0.39, 0.29) is 6.10 Å². The third kappa shape index (κ3) is 3.71. The molecule has 2 saturated heterocycles. The predicted octanol–water partition coefficient (Wildman–Crippen LogP) is 0.619. The number of piperazine rings is 1. The number of ether oxygens (including phenoxy) is 1. The van der Waals surface area contributed by atoms with E-state index in [0.29, 0.717) is 17.7 Å². The summed E-state index contributed by atoms with van der Waals surface area (Å²) in [6.07, 6.45) is 2.33. The van der Waals surface area contributed by atoms with Crippen LogP contribution in [0.4, 0.5) is 5.82 Å². The SMILES string of the molecule is C[C@H](Oc1nc(C#N)cc(N2CCNCC2)n1)[C@@H]1CCCN1C. The number of hydrogen-bond donors (Lipinski definition) is 1. The summed E-state index contributed by atoms with van der Waals surface area (Å²) in [5.74, 6) is 0.778. The molecule has 2 aliphatic heterocycles. The van der Waals surface area contributed by atoms with Crippen LogP contribution in [0.25, 0.3) is 0 Å². The highest BCUT2D eigenvalue weighted by molar-refractivity contribution is 5.44. The molecule has 0 spiro atoms. The maximum Gasteiger partial charge on any atom is 0.319 e. The molecule has 2 fully saturated rings. The summed E-state index contributed by atoms with van der Waals surface area (Å²) in [4.78, 5) is 13.2. The van der Waals surface area contributed by atoms with E-state index in [4.69, 9.17) is 4.74 Å². The topological polar surface area (TPSA) is 77.3 Å². The van der Waals surface area contributed by atoms with Crippen molar-refractivity contribution in [2.75, 3.05) is 44.7 Å². The maximum atomic E-state index is 9.24. The van der Waals surface area contributed by atoms with Gasteiger partial charge in [-0.15, -0.1) is 0 Å². The summed E-state index contributed by atoms with van der Waals surface area (Å²) >= 11 is 0. The molecule has 0 amide bonds. The van der Waals surface area contributed by atoms with Crippen molar-refractivity contribution in [3.05, 3.63) is 11.8 Å². The number of hydrogen-bond acceptors (Lipinski definition) is 7. The fraction of sp³-hybridized carbons (Fsp3) is 0.688. The fourth-order valence-corrected chi connectivity index (χ4v) is 3.35. The Hall–Kier alpha value is -1.91. The lowest BCUT2D eigenvalue weighted by Gasteiger charge is -2.29. The maximum absolute atomic E-state index is 9.24. The molecule has 0 aliphatic carbocycles. The second-order valence-electron chi connectivity index (χ2n) is 6.26. The number of likely N-dealkylation sites (tertiary alicyclic amines) is 1. The highest BCUT2D eigenvalue weighted by Crippen LogP contribution is 2.22. The summed E-state index contributed by atoms with van der Waals surface area (Å²) in [5, 5.41) is 12.6. The second-order valence-corrected chi connectivity index (χ2v) is 6.26. The van der Waals surface area contributed by atoms with Crippen LogP contribution in [0, 0.1) is 11.3 Å². The van der Waals surface area contributed by atoms with Gasteiger partial charge in [0, 0.05) is 38.3 Å². The molecule has 1 N–H and O–H groups in total. The summed E-state index contributed by atoms with van der Waals surface area (Å²) < 4.78 is 5.99. The fourth-order valence-electron chi connectivity index (χ4n) is 3.35. The van der Waals surface area contributed by atoms with Gasteiger partial charge in [-0.3, -0.25) is 4.90 Å². The zero-order valence-electron chi connectivity index (χ0n) is 13.8. The van der Waals surface area contributed by atoms with Gasteiger partial charge in [-0.1, -0.05) is 0 Å². The van der Waals surface area contributed by atoms with Crippen LogP contribution in [0.3, 0.4) is 0 Å². The molecule has 7 heteroatoms. The van der Waals surface area contributed by atoms with Crippen LogP contribution in [0.15, 0.2) is 6.07 Å². The minimum Gasteiger partial charge on any atom is -0.459 e. The molecule has 3 heterocycles. The van der Waals surface area contributed by atoms with Crippen molar-refractivity contribution in [2.24, 2.45) is 0 Å². The van der Waals surface area contributed by atoms with Gasteiger partial charge in [0.05, 0.1) is 0 Å². The minimum atomic E-state index is 0.00677. The van der Waals surface area contributed by atoms with E-state index in [1.807, 2.05) is 0 Å². The van der Waals surface area contributed by atoms with Gasteiger partial charge in [0.1, 0.15) is 23.7 Å². The second kappa shape index (κ2) is 7.11. The lowest BCUT2D eigenvalue weighted by molar-refractivity contribution is 0.112. The molecule has 2 aliphatic rings. The van der Waals surface area contributed by atoms with Gasteiger partial charge < -0.3 is 15.0 Å². The quantitative estimate of drug-likeness (QED) is 0.872. The van der Waals surface area contributed by atoms with Crippen molar-refractivity contribution in [1.82, 2.24) is 20.2 Å². The van der Waals surface area contributed by atoms with E-state index in [2.05, 4.69) is 45.1 Å². The van der Waals surface area contributed by atoms with Crippen molar-refractivity contribution < 1.29 is 4.74 Å². The van der Waals surface area contributed by atoms with Gasteiger partial charge in [0.2, 0.25) is 0 Å². The van der Waals surface area contributed by atoms with Gasteiger partial charge in [-0.2, -0.15) is 15.2 Å². The van der Waals surface area contributed by atoms with Crippen molar-refractivity contribution in [3.8, 4) is 12.1 Å². The van der Waals surface area contributed by atoms with E-state index in [1.165, 1.54) is 6.42 Å². The van der Waals surface area contributed by atoms with Crippen LogP contribution in [-0.2, 0) is 0 Å². The number of likely N-dealkylation sites (N-methyl/N-ethyl adjacent to an activating group) is 1. The Balaban J connectivity index is 1.76. The van der Waals surface area contributed by atoms with Crippen molar-refractivity contribution >= 4 is 5.82 Å². The molecule has 1 aromatic rings. The molecule has 124 valence electrons. The Morgan fingerprint density at radius 3 is 2.78 bits per heavy atom. The molecule has 3 rings (SSSR count). The average molecular weight is 316 g/mol. The number of nitrogens with one attached hydrogen (secondary N) is 1. The summed E-state index contributed by atoms with van der Waals surface area (Å²) in [6.45, 7) is 6.75. The molecule has 0 saturated carbocycles. The summed E-state index contributed by atoms with van der Waals surface area (Å²) in [6, 6.07) is 4.55. The summed E-state index contributed by atoms with van der Waals surface area (Å²) in [5.41, 5.74) is 0.357. The molecule has 2 atom stereocenters. The third-order valence-corrected chi connectivity index (χ3v) is 4.66. The Kier molecular flexibility index (Phi) is 4.94. The Morgan fingerprint density at radius 1 is 1.35 bits per heavy atom. The zero-order chi connectivity index (χ0) is 16.2. The van der Waals surface area contributed by atoms with Gasteiger partial charge in [-0.25, -0.2) is 0 Å². The first-order valence-corrected chi connectivity index (χ1v) is 8.29. The van der Waals surface area contributed by atoms with Crippen LogP contribution in [0.5, 0.6) is 6.01 Å². The predicted molar refractivity (Wildman–Crippen MR) is 87.6 cm³/mol. The lowest BCUT2D eigenvalue weighted by Crippen LogP contribution is -2.44. The number of nitrogens with zero attached hydrogens (tertiary/aromatic N) is 5. The van der Waals surface area contributed by atoms with Gasteiger partial charge in [-0.05, 0) is 33.4 Å². The molecule has 23 heavy (non-hydrogen) atoms. The highest BCUT2D eigenvalue weighted by atomic mass is 16.5. The van der Waals surface area contributed by atoms with Crippen molar-refractivity contribution in [3.63, 3.8) is 0 Å². The Labute approximate surface area is 137 Å². The van der Waals surface area contributed by atoms with Crippen molar-refractivity contribution in [2.45, 2.75) is 31.9 Å². The van der Waals surface area contributed by atoms with E-state index in [9.17, 15) is 5.26 Å². The van der Waals surface area contributed by atoms with E-state index in [1.54, 1.807) is 6.07 Å². The Morgan fingerprint density at radius 2 is 2.13 bits per heavy atom. The smallest absolute Gasteiger partial charge is 0.319 e. The molecule has 1 aromatic heterocycles. The first kappa shape index (κ1) is 16.0. The van der Waals surface area contributed by atoms with Gasteiger partial charge in [0.15, 0.2) is 0 Å². The molecule has 0 aromatic carbocycles. The molecule has 0 unspecified atom stereocenters. The molecular formula is C16H24N6O. The van der Waals surface area contributed by atoms with E-state index in [0.717, 1.165) is 45.0 Å². The summed E-state index contributed by atoms with van der Waals surface area (Å²) in [7, 11) is 2.12.